The summed E-state index contributed by atoms with van der Waals surface area (Å²) in [5.41, 5.74) is 0. The van der Waals surface area contributed by atoms with E-state index in [4.69, 9.17) is 10.5 Å². The molecule has 26 valence electrons. The molecule has 0 aromatic heterocycles. The van der Waals surface area contributed by atoms with Crippen LogP contribution in [0.4, 0.5) is 0 Å². The van der Waals surface area contributed by atoms with Crippen LogP contribution in [-0.2, 0) is 17.1 Å². The summed E-state index contributed by atoms with van der Waals surface area (Å²) in [6.45, 7) is 0. The normalized spacial score (nSPS) is 2.00. The smallest absolute Gasteiger partial charge is 0.181 e. The molecule has 0 saturated carbocycles. The van der Waals surface area contributed by atoms with Gasteiger partial charge in [-0.1, -0.05) is 0 Å². The fourth-order valence-corrected chi connectivity index (χ4v) is 0. The molecule has 0 aliphatic carbocycles. The van der Waals surface area contributed by atoms with E-state index in [2.05, 4.69) is 0 Å². The van der Waals surface area contributed by atoms with Crippen LogP contribution in [0.3, 0.4) is 0 Å². The summed E-state index contributed by atoms with van der Waals surface area (Å²) in [5, 5.41) is 14.5. The topological polar surface area (TPSA) is 47.6 Å². The van der Waals surface area contributed by atoms with E-state index in [1.807, 2.05) is 0 Å². The summed E-state index contributed by atoms with van der Waals surface area (Å²) in [7, 11) is 0. The average molecular weight is 108 g/mol. The van der Waals surface area contributed by atoms with E-state index in [9.17, 15) is 0 Å². The Morgan fingerprint density at radius 3 is 1.20 bits per heavy atom. The second-order valence-electron chi connectivity index (χ2n) is 0.224. The molecule has 0 radical (unpaired) electrons. The van der Waals surface area contributed by atoms with E-state index in [1.165, 1.54) is 12.1 Å². The van der Waals surface area contributed by atoms with Crippen molar-refractivity contribution in [1.29, 1.82) is 10.5 Å². The largest absolute Gasteiger partial charge is 0.181 e. The van der Waals surface area contributed by atoms with Gasteiger partial charge in [-0.05, 0) is 0 Å². The molecule has 0 atom stereocenters. The minimum Gasteiger partial charge on any atom is -0.181 e. The van der Waals surface area contributed by atoms with Crippen LogP contribution >= 0.6 is 0 Å². The van der Waals surface area contributed by atoms with E-state index in [-0.39, 0.29) is 17.1 Å². The molecule has 0 amide bonds. The van der Waals surface area contributed by atoms with Crippen LogP contribution in [0.5, 0.6) is 0 Å². The van der Waals surface area contributed by atoms with Crippen molar-refractivity contribution in [3.05, 3.63) is 0 Å². The van der Waals surface area contributed by atoms with Crippen molar-refractivity contribution < 1.29 is 17.1 Å². The van der Waals surface area contributed by atoms with Crippen LogP contribution in [0.2, 0.25) is 0 Å². The fraction of sp³-hybridized carbons (Fsp3) is 0. The molecule has 2 nitrogen and oxygen atoms in total. The Balaban J connectivity index is 0. The van der Waals surface area contributed by atoms with Crippen molar-refractivity contribution in [2.24, 2.45) is 0 Å². The number of rotatable bonds is 0. The van der Waals surface area contributed by atoms with Crippen molar-refractivity contribution in [2.45, 2.75) is 0 Å². The first kappa shape index (κ1) is 8.82. The monoisotopic (exact) mass is 108 g/mol. The van der Waals surface area contributed by atoms with Crippen LogP contribution in [0.25, 0.3) is 0 Å². The Hall–Kier alpha value is -0.501. The third kappa shape index (κ3) is 31.5. The Morgan fingerprint density at radius 2 is 1.20 bits per heavy atom. The molecule has 5 heavy (non-hydrogen) atoms. The number of hydrogen-bond donors (Lipinski definition) is 0. The maximum absolute atomic E-state index is 7.26. The molecule has 0 aromatic carbocycles. The van der Waals surface area contributed by atoms with E-state index < -0.39 is 0 Å². The standard InChI is InChI=1S/C2N2.Fe/c3-1-2-4;. The predicted octanol–water partition coefficient (Wildman–Crippen LogP) is 0.0311. The molecule has 0 N–H and O–H groups in total. The third-order valence-electron chi connectivity index (χ3n) is 0.0500. The average Bonchev–Trinajstić information content (AvgIpc) is 1.37. The van der Waals surface area contributed by atoms with Crippen LogP contribution in [0.1, 0.15) is 0 Å². The molecular weight excluding hydrogens is 108 g/mol. The first-order chi connectivity index (χ1) is 1.91. The van der Waals surface area contributed by atoms with Crippen molar-refractivity contribution in [1.82, 2.24) is 0 Å². The first-order valence-corrected chi connectivity index (χ1v) is 0.697. The van der Waals surface area contributed by atoms with Crippen molar-refractivity contribution in [3.63, 3.8) is 0 Å². The number of nitrogens with zero attached hydrogens (tertiary/aromatic N) is 2. The van der Waals surface area contributed by atoms with Crippen LogP contribution < -0.4 is 0 Å². The number of nitriles is 2. The summed E-state index contributed by atoms with van der Waals surface area (Å²) in [6.07, 6.45) is 0. The van der Waals surface area contributed by atoms with Crippen molar-refractivity contribution in [2.75, 3.05) is 0 Å². The van der Waals surface area contributed by atoms with Gasteiger partial charge < -0.3 is 0 Å². The van der Waals surface area contributed by atoms with Gasteiger partial charge in [-0.15, -0.1) is 0 Å². The summed E-state index contributed by atoms with van der Waals surface area (Å²) < 4.78 is 0. The van der Waals surface area contributed by atoms with Gasteiger partial charge in [0.05, 0.1) is 0 Å². The third-order valence-corrected chi connectivity index (χ3v) is 0.0500. The van der Waals surface area contributed by atoms with E-state index in [0.717, 1.165) is 0 Å². The minimum atomic E-state index is 0. The summed E-state index contributed by atoms with van der Waals surface area (Å²) in [5.74, 6) is 0. The Kier molecular flexibility index (Phi) is 17.2. The number of hydrogen-bond acceptors (Lipinski definition) is 2. The van der Waals surface area contributed by atoms with Gasteiger partial charge in [-0.2, -0.15) is 10.5 Å². The fourth-order valence-electron chi connectivity index (χ4n) is 0. The van der Waals surface area contributed by atoms with Gasteiger partial charge in [0.1, 0.15) is 0 Å². The zero-order chi connectivity index (χ0) is 3.41. The van der Waals surface area contributed by atoms with Crippen LogP contribution in [0.15, 0.2) is 0 Å². The van der Waals surface area contributed by atoms with Crippen molar-refractivity contribution in [3.8, 4) is 12.1 Å². The van der Waals surface area contributed by atoms with Crippen LogP contribution in [-0.4, -0.2) is 0 Å². The Labute approximate surface area is 40.5 Å². The van der Waals surface area contributed by atoms with E-state index in [0.29, 0.717) is 0 Å². The van der Waals surface area contributed by atoms with Gasteiger partial charge >= 0.3 is 0 Å². The molecule has 0 fully saturated rings. The zero-order valence-corrected chi connectivity index (χ0v) is 3.35. The molecule has 0 bridgehead atoms. The molecule has 0 rings (SSSR count). The van der Waals surface area contributed by atoms with Crippen LogP contribution in [0, 0.1) is 22.7 Å². The zero-order valence-electron chi connectivity index (χ0n) is 2.25. The van der Waals surface area contributed by atoms with Gasteiger partial charge in [0.25, 0.3) is 0 Å². The quantitative estimate of drug-likeness (QED) is 0.411. The minimum absolute atomic E-state index is 0. The molecule has 0 aliphatic heterocycles. The second-order valence-corrected chi connectivity index (χ2v) is 0.224. The maximum Gasteiger partial charge on any atom is 0.181 e. The van der Waals surface area contributed by atoms with Gasteiger partial charge in [0, 0.05) is 17.1 Å². The first-order valence-electron chi connectivity index (χ1n) is 0.697. The molecule has 0 aromatic rings. The van der Waals surface area contributed by atoms with Gasteiger partial charge in [-0.25, -0.2) is 0 Å². The Morgan fingerprint density at radius 1 is 1.00 bits per heavy atom. The summed E-state index contributed by atoms with van der Waals surface area (Å²) >= 11 is 0. The van der Waals surface area contributed by atoms with Crippen molar-refractivity contribution >= 4 is 0 Å². The van der Waals surface area contributed by atoms with E-state index >= 15 is 0 Å². The molecular formula is C2FeN2. The molecule has 0 saturated heterocycles. The van der Waals surface area contributed by atoms with E-state index in [1.54, 1.807) is 0 Å². The SMILES string of the molecule is N#CC#N.[Fe]. The summed E-state index contributed by atoms with van der Waals surface area (Å²) in [6, 6.07) is 2.47. The Bertz CT molecular complexity index is 62.6. The van der Waals surface area contributed by atoms with Gasteiger partial charge in [0.2, 0.25) is 0 Å². The van der Waals surface area contributed by atoms with Gasteiger partial charge in [-0.3, -0.25) is 0 Å². The molecule has 0 heterocycles. The second kappa shape index (κ2) is 9.72. The molecule has 0 aliphatic rings. The molecule has 0 spiro atoms. The maximum atomic E-state index is 7.26. The predicted molar refractivity (Wildman–Crippen MR) is 11.2 cm³/mol. The van der Waals surface area contributed by atoms with Gasteiger partial charge in [0.15, 0.2) is 12.1 Å². The molecule has 0 unspecified atom stereocenters. The summed E-state index contributed by atoms with van der Waals surface area (Å²) in [4.78, 5) is 0. The molecule has 3 heteroatoms.